The summed E-state index contributed by atoms with van der Waals surface area (Å²) in [4.78, 5) is 0. The fourth-order valence-electron chi connectivity index (χ4n) is 21.1. The van der Waals surface area contributed by atoms with E-state index in [1.165, 1.54) is 392 Å². The fourth-order valence-corrected chi connectivity index (χ4v) is 21.1. The third kappa shape index (κ3) is 43.6. The van der Waals surface area contributed by atoms with Gasteiger partial charge >= 0.3 is 0 Å². The summed E-state index contributed by atoms with van der Waals surface area (Å²) in [5.74, 6) is 2.66. The molecule has 10 rings (SSSR count). The Hall–Kier alpha value is 0. The highest BCUT2D eigenvalue weighted by atomic mass is 14.5. The number of unbranched alkanes of at least 4 members (excludes halogenated alkanes) is 2. The van der Waals surface area contributed by atoms with Gasteiger partial charge in [0.15, 0.2) is 0 Å². The van der Waals surface area contributed by atoms with Gasteiger partial charge in [0, 0.05) is 0 Å². The summed E-state index contributed by atoms with van der Waals surface area (Å²) in [6, 6.07) is 0. The Balaban J connectivity index is 0.000000572. The van der Waals surface area contributed by atoms with Gasteiger partial charge in [-0.25, -0.2) is 0 Å². The predicted molar refractivity (Wildman–Crippen MR) is 475 cm³/mol. The largest absolute Gasteiger partial charge is 0.0654 e. The van der Waals surface area contributed by atoms with Crippen molar-refractivity contribution in [2.45, 2.75) is 579 Å². The minimum atomic E-state index is 0.507. The minimum absolute atomic E-state index is 0.507. The van der Waals surface area contributed by atoms with E-state index in [1.807, 2.05) is 0 Å². The molecule has 0 aromatic carbocycles. The van der Waals surface area contributed by atoms with Gasteiger partial charge in [-0.05, 0) is 237 Å². The normalized spacial score (nSPS) is 24.8. The highest BCUT2D eigenvalue weighted by molar-refractivity contribution is 4.91. The van der Waals surface area contributed by atoms with Crippen LogP contribution < -0.4 is 0 Å². The van der Waals surface area contributed by atoms with Gasteiger partial charge < -0.3 is 0 Å². The Morgan fingerprint density at radius 3 is 0.583 bits per heavy atom. The first-order valence-electron chi connectivity index (χ1n) is 48.2. The van der Waals surface area contributed by atoms with Crippen LogP contribution in [0.1, 0.15) is 579 Å². The molecule has 10 saturated carbocycles. The van der Waals surface area contributed by atoms with Crippen molar-refractivity contribution < 1.29 is 0 Å². The van der Waals surface area contributed by atoms with Crippen molar-refractivity contribution in [3.63, 3.8) is 0 Å². The summed E-state index contributed by atoms with van der Waals surface area (Å²) in [5, 5.41) is 0. The summed E-state index contributed by atoms with van der Waals surface area (Å²) < 4.78 is 0. The van der Waals surface area contributed by atoms with Gasteiger partial charge in [0.25, 0.3) is 0 Å². The first-order valence-corrected chi connectivity index (χ1v) is 48.2. The quantitative estimate of drug-likeness (QED) is 0.152. The molecule has 0 spiro atoms. The van der Waals surface area contributed by atoms with E-state index < -0.39 is 0 Å². The molecule has 0 atom stereocenters. The van der Waals surface area contributed by atoms with Crippen LogP contribution in [0.5, 0.6) is 0 Å². The smallest absolute Gasteiger partial charge is 0.0277 e. The van der Waals surface area contributed by atoms with Crippen molar-refractivity contribution in [2.75, 3.05) is 0 Å². The monoisotopic (exact) mass is 1440 g/mol. The molecule has 103 heavy (non-hydrogen) atoms. The Labute approximate surface area is 657 Å². The van der Waals surface area contributed by atoms with Gasteiger partial charge in [-0.1, -0.05) is 425 Å². The average Bonchev–Trinajstić information content (AvgIpc) is 1.76. The van der Waals surface area contributed by atoms with Crippen LogP contribution in [0.15, 0.2) is 0 Å². The molecule has 0 N–H and O–H groups in total. The van der Waals surface area contributed by atoms with E-state index in [1.54, 1.807) is 0 Å². The maximum absolute atomic E-state index is 2.49. The Morgan fingerprint density at radius 2 is 0.398 bits per heavy atom. The molecule has 0 nitrogen and oxygen atoms in total. The van der Waals surface area contributed by atoms with Crippen LogP contribution in [-0.2, 0) is 0 Å². The molecule has 0 heterocycles. The highest BCUT2D eigenvalue weighted by Gasteiger charge is 2.40. The molecule has 0 unspecified atom stereocenters. The van der Waals surface area contributed by atoms with E-state index in [-0.39, 0.29) is 0 Å². The van der Waals surface area contributed by atoms with Crippen LogP contribution in [0.25, 0.3) is 0 Å². The van der Waals surface area contributed by atoms with Crippen molar-refractivity contribution in [3.05, 3.63) is 0 Å². The molecule has 0 radical (unpaired) electrons. The average molecular weight is 1440 g/mol. The zero-order valence-electron chi connectivity index (χ0n) is 77.9. The SMILES string of the molecule is CC(C)(C)C1(C)CCCC1.CC(C)(C)C1(C)CCCCC1.CC(C)C1(C)CCCCC1.CC(C)CC1(C)CCCC1.CC(C)CC1(C)CCCCC1.CCC1(C)CCCCC1.CCC1(C)CCCCCC1.CCC1(C)CCCCCCC1.CCCCC1(C)CCCC1.CCCCC1(C)CCCCC1. The molecule has 10 aliphatic carbocycles. The Bertz CT molecular complexity index is 1920. The van der Waals surface area contributed by atoms with Crippen molar-refractivity contribution in [1.82, 2.24) is 0 Å². The number of rotatable bonds is 14. The topological polar surface area (TPSA) is 0 Å². The molecule has 618 valence electrons. The number of hydrogen-bond donors (Lipinski definition) is 0. The maximum atomic E-state index is 2.49. The highest BCUT2D eigenvalue weighted by Crippen LogP contribution is 2.52. The minimum Gasteiger partial charge on any atom is -0.0654 e. The molecule has 0 aliphatic heterocycles. The lowest BCUT2D eigenvalue weighted by Gasteiger charge is -2.45. The summed E-state index contributed by atoms with van der Waals surface area (Å²) in [7, 11) is 0. The Kier molecular flexibility index (Phi) is 50.6. The molecule has 0 aromatic heterocycles. The van der Waals surface area contributed by atoms with Crippen LogP contribution in [0.4, 0.5) is 0 Å². The van der Waals surface area contributed by atoms with Gasteiger partial charge in [0.1, 0.15) is 0 Å². The lowest BCUT2D eigenvalue weighted by Crippen LogP contribution is -2.34. The van der Waals surface area contributed by atoms with Crippen LogP contribution >= 0.6 is 0 Å². The van der Waals surface area contributed by atoms with Crippen LogP contribution in [-0.4, -0.2) is 0 Å². The van der Waals surface area contributed by atoms with E-state index in [4.69, 9.17) is 0 Å². The molecule has 0 amide bonds. The van der Waals surface area contributed by atoms with Crippen molar-refractivity contribution in [3.8, 4) is 0 Å². The molecule has 0 aromatic rings. The second-order valence-electron chi connectivity index (χ2n) is 45.2. The Morgan fingerprint density at radius 1 is 0.223 bits per heavy atom. The van der Waals surface area contributed by atoms with Gasteiger partial charge in [0.05, 0.1) is 0 Å². The van der Waals surface area contributed by atoms with Crippen molar-refractivity contribution in [1.29, 1.82) is 0 Å². The van der Waals surface area contributed by atoms with Gasteiger partial charge in [-0.3, -0.25) is 0 Å². The zero-order valence-corrected chi connectivity index (χ0v) is 77.9. The van der Waals surface area contributed by atoms with E-state index in [0.29, 0.717) is 48.7 Å². The predicted octanol–water partition coefficient (Wildman–Crippen LogP) is 38.0. The summed E-state index contributed by atoms with van der Waals surface area (Å²) in [6.45, 7) is 64.6. The molecule has 10 aliphatic rings. The number of hydrogen-bond acceptors (Lipinski definition) is 0. The lowest BCUT2D eigenvalue weighted by molar-refractivity contribution is 0.0601. The second kappa shape index (κ2) is 51.6. The third-order valence-corrected chi connectivity index (χ3v) is 32.0. The first kappa shape index (κ1) is 101. The fraction of sp³-hybridized carbons (Fsp3) is 1.00. The van der Waals surface area contributed by atoms with Crippen LogP contribution in [0.3, 0.4) is 0 Å². The summed E-state index contributed by atoms with van der Waals surface area (Å²) in [5.41, 5.74) is 7.97. The summed E-state index contributed by atoms with van der Waals surface area (Å²) >= 11 is 0. The van der Waals surface area contributed by atoms with E-state index in [2.05, 4.69) is 187 Å². The molecule has 10 fully saturated rings. The molecule has 0 saturated heterocycles. The summed E-state index contributed by atoms with van der Waals surface area (Å²) in [6.07, 6.45) is 89.3. The van der Waals surface area contributed by atoms with E-state index in [0.717, 1.165) is 34.0 Å². The van der Waals surface area contributed by atoms with Crippen molar-refractivity contribution >= 4 is 0 Å². The van der Waals surface area contributed by atoms with Crippen LogP contribution in [0, 0.1) is 82.7 Å². The van der Waals surface area contributed by atoms with Gasteiger partial charge in [0.2, 0.25) is 0 Å². The van der Waals surface area contributed by atoms with Gasteiger partial charge in [-0.2, -0.15) is 0 Å². The zero-order chi connectivity index (χ0) is 77.9. The second-order valence-corrected chi connectivity index (χ2v) is 45.2. The molecule has 0 heteroatoms. The standard InChI is InChI=1S/4C11H22.5C10H20.C9H18/c1-10(2,3)11(4)8-6-5-7-9-11;1-10(2)9-11(3)7-5-4-6-8-11;1-3-11(2)9-7-5-4-6-8-10-11;1-3-4-8-11(2)9-6-5-7-10-11;1-9(2,3)10(4)7-5-6-8-10;1-9(2)8-10(3)6-4-5-7-10;1-9(2)10(3)7-5-4-6-8-10;1-3-10(2)8-6-4-5-7-9-10;1-3-4-7-10(2)8-5-6-9-10;1-3-9(2)7-5-4-6-8-9/h5-9H2,1-4H3;10H,4-9H2,1-3H3;2*3-10H2,1-2H3;5-8H2,1-4H3;2*9H,4-8H2,1-3H3;2*3-9H2,1-2H3;3-8H2,1-2H3. The molecular weight excluding hydrogens is 1240 g/mol. The lowest BCUT2D eigenvalue weighted by atomic mass is 9.61. The maximum Gasteiger partial charge on any atom is -0.0277 e. The van der Waals surface area contributed by atoms with E-state index >= 15 is 0 Å². The van der Waals surface area contributed by atoms with E-state index in [9.17, 15) is 0 Å². The molecular formula is C103H206. The first-order chi connectivity index (χ1) is 48.2. The third-order valence-electron chi connectivity index (χ3n) is 32.0. The van der Waals surface area contributed by atoms with Crippen LogP contribution in [0.2, 0.25) is 0 Å². The van der Waals surface area contributed by atoms with Gasteiger partial charge in [-0.15, -0.1) is 0 Å². The molecule has 0 bridgehead atoms. The van der Waals surface area contributed by atoms with Crippen molar-refractivity contribution in [2.24, 2.45) is 82.7 Å².